The van der Waals surface area contributed by atoms with Crippen LogP contribution in [0.3, 0.4) is 0 Å². The summed E-state index contributed by atoms with van der Waals surface area (Å²) in [7, 11) is 5.20. The zero-order valence-corrected chi connectivity index (χ0v) is 4.56. The van der Waals surface area contributed by atoms with E-state index in [1.54, 1.807) is 13.8 Å². The van der Waals surface area contributed by atoms with Crippen LogP contribution in [-0.2, 0) is 4.79 Å². The standard InChI is InChI=1S/C4H8BNO/c1-4(2,5)3(6)7/h1-2H3,(H2,6,7). The van der Waals surface area contributed by atoms with E-state index in [1.165, 1.54) is 0 Å². The van der Waals surface area contributed by atoms with Crippen molar-refractivity contribution in [3.8, 4) is 0 Å². The summed E-state index contributed by atoms with van der Waals surface area (Å²) in [6, 6.07) is 0. The average molecular weight is 96.9 g/mol. The van der Waals surface area contributed by atoms with Gasteiger partial charge in [-0.25, -0.2) is 0 Å². The second kappa shape index (κ2) is 1.56. The van der Waals surface area contributed by atoms with Gasteiger partial charge in [0.2, 0.25) is 5.91 Å². The topological polar surface area (TPSA) is 43.1 Å². The van der Waals surface area contributed by atoms with Crippen LogP contribution in [0.2, 0.25) is 5.31 Å². The number of carbonyl (C=O) groups excluding carboxylic acids is 1. The lowest BCUT2D eigenvalue weighted by molar-refractivity contribution is -0.120. The Bertz CT molecular complexity index is 84.2. The van der Waals surface area contributed by atoms with Gasteiger partial charge in [0.25, 0.3) is 0 Å². The highest BCUT2D eigenvalue weighted by Crippen LogP contribution is 2.14. The van der Waals surface area contributed by atoms with Crippen molar-refractivity contribution in [2.24, 2.45) is 5.73 Å². The predicted molar refractivity (Wildman–Crippen MR) is 29.0 cm³/mol. The summed E-state index contributed by atoms with van der Waals surface area (Å²) < 4.78 is 0. The van der Waals surface area contributed by atoms with Crippen molar-refractivity contribution >= 4 is 13.8 Å². The van der Waals surface area contributed by atoms with Crippen LogP contribution < -0.4 is 5.73 Å². The molecule has 0 aromatic rings. The number of hydrogen-bond acceptors (Lipinski definition) is 1. The fourth-order valence-electron chi connectivity index (χ4n) is 0. The van der Waals surface area contributed by atoms with E-state index in [1.807, 2.05) is 0 Å². The Morgan fingerprint density at radius 2 is 1.86 bits per heavy atom. The summed E-state index contributed by atoms with van der Waals surface area (Å²) in [5, 5.41) is -0.861. The van der Waals surface area contributed by atoms with E-state index in [-0.39, 0.29) is 0 Å². The second-order valence-corrected chi connectivity index (χ2v) is 2.09. The van der Waals surface area contributed by atoms with E-state index in [0.29, 0.717) is 0 Å². The molecule has 0 spiro atoms. The largest absolute Gasteiger partial charge is 0.370 e. The van der Waals surface area contributed by atoms with Gasteiger partial charge in [0.1, 0.15) is 0 Å². The van der Waals surface area contributed by atoms with Gasteiger partial charge in [0.05, 0.1) is 7.85 Å². The van der Waals surface area contributed by atoms with Crippen molar-refractivity contribution in [1.82, 2.24) is 0 Å². The quantitative estimate of drug-likeness (QED) is 0.454. The Hall–Kier alpha value is -0.465. The van der Waals surface area contributed by atoms with Crippen LogP contribution in [-0.4, -0.2) is 13.8 Å². The lowest BCUT2D eigenvalue weighted by Crippen LogP contribution is -2.25. The molecule has 3 heteroatoms. The van der Waals surface area contributed by atoms with Gasteiger partial charge < -0.3 is 5.73 Å². The molecule has 0 unspecified atom stereocenters. The van der Waals surface area contributed by atoms with Crippen LogP contribution in [0.5, 0.6) is 0 Å². The molecular formula is C4H8BNO. The second-order valence-electron chi connectivity index (χ2n) is 2.09. The fourth-order valence-corrected chi connectivity index (χ4v) is 0. The van der Waals surface area contributed by atoms with Crippen LogP contribution in [0.1, 0.15) is 13.8 Å². The fraction of sp³-hybridized carbons (Fsp3) is 0.750. The number of carbonyl (C=O) groups is 1. The first-order valence-electron chi connectivity index (χ1n) is 2.03. The third-order valence-corrected chi connectivity index (χ3v) is 0.635. The molecule has 38 valence electrons. The number of rotatable bonds is 1. The van der Waals surface area contributed by atoms with Crippen molar-refractivity contribution in [2.45, 2.75) is 19.2 Å². The molecule has 2 N–H and O–H groups in total. The Morgan fingerprint density at radius 3 is 1.86 bits per heavy atom. The minimum atomic E-state index is -0.861. The van der Waals surface area contributed by atoms with Gasteiger partial charge in [-0.2, -0.15) is 0 Å². The number of amides is 1. The first-order valence-corrected chi connectivity index (χ1v) is 2.03. The molecule has 0 rings (SSSR count). The van der Waals surface area contributed by atoms with Crippen LogP contribution in [0.25, 0.3) is 0 Å². The molecular weight excluding hydrogens is 88.9 g/mol. The Kier molecular flexibility index (Phi) is 1.46. The van der Waals surface area contributed by atoms with Crippen molar-refractivity contribution < 1.29 is 4.79 Å². The van der Waals surface area contributed by atoms with Gasteiger partial charge in [-0.15, -0.1) is 0 Å². The van der Waals surface area contributed by atoms with Gasteiger partial charge in [0.15, 0.2) is 0 Å². The van der Waals surface area contributed by atoms with Crippen molar-refractivity contribution in [3.63, 3.8) is 0 Å². The maximum atomic E-state index is 10.1. The lowest BCUT2D eigenvalue weighted by atomic mass is 9.72. The predicted octanol–water partition coefficient (Wildman–Crippen LogP) is -0.161. The highest BCUT2D eigenvalue weighted by atomic mass is 16.1. The average Bonchev–Trinajstić information content (AvgIpc) is 1.31. The molecule has 0 fully saturated rings. The Labute approximate surface area is 44.5 Å². The highest BCUT2D eigenvalue weighted by Gasteiger charge is 2.15. The normalized spacial score (nSPS) is 11.1. The molecule has 0 aromatic carbocycles. The smallest absolute Gasteiger partial charge is 0.214 e. The highest BCUT2D eigenvalue weighted by molar-refractivity contribution is 6.27. The maximum absolute atomic E-state index is 10.1. The minimum absolute atomic E-state index is 0.479. The SMILES string of the molecule is [B]C(C)(C)C(N)=O. The molecule has 2 radical (unpaired) electrons. The van der Waals surface area contributed by atoms with Crippen LogP contribution >= 0.6 is 0 Å². The van der Waals surface area contributed by atoms with Crippen molar-refractivity contribution in [1.29, 1.82) is 0 Å². The zero-order chi connectivity index (χ0) is 6.08. The van der Waals surface area contributed by atoms with Gasteiger partial charge in [-0.3, -0.25) is 4.79 Å². The van der Waals surface area contributed by atoms with E-state index in [4.69, 9.17) is 13.6 Å². The third kappa shape index (κ3) is 2.26. The van der Waals surface area contributed by atoms with Gasteiger partial charge in [-0.1, -0.05) is 13.8 Å². The molecule has 0 aliphatic carbocycles. The molecule has 0 saturated carbocycles. The molecule has 2 nitrogen and oxygen atoms in total. The first kappa shape index (κ1) is 6.53. The van der Waals surface area contributed by atoms with E-state index < -0.39 is 11.2 Å². The lowest BCUT2D eigenvalue weighted by Gasteiger charge is -2.11. The van der Waals surface area contributed by atoms with E-state index >= 15 is 0 Å². The molecule has 0 saturated heterocycles. The third-order valence-electron chi connectivity index (χ3n) is 0.635. The van der Waals surface area contributed by atoms with Crippen LogP contribution in [0.15, 0.2) is 0 Å². The Balaban J connectivity index is 3.79. The molecule has 0 heterocycles. The minimum Gasteiger partial charge on any atom is -0.370 e. The summed E-state index contributed by atoms with van der Waals surface area (Å²) >= 11 is 0. The molecule has 1 amide bonds. The van der Waals surface area contributed by atoms with Crippen LogP contribution in [0, 0.1) is 0 Å². The monoisotopic (exact) mass is 97.1 g/mol. The number of nitrogens with two attached hydrogens (primary N) is 1. The maximum Gasteiger partial charge on any atom is 0.214 e. The molecule has 0 bridgehead atoms. The number of hydrogen-bond donors (Lipinski definition) is 1. The van der Waals surface area contributed by atoms with E-state index in [9.17, 15) is 4.79 Å². The Morgan fingerprint density at radius 1 is 1.71 bits per heavy atom. The summed E-state index contributed by atoms with van der Waals surface area (Å²) in [5.41, 5.74) is 4.81. The van der Waals surface area contributed by atoms with Crippen molar-refractivity contribution in [3.05, 3.63) is 0 Å². The molecule has 0 aliphatic heterocycles. The summed E-state index contributed by atoms with van der Waals surface area (Å²) in [6.45, 7) is 3.13. The molecule has 0 atom stereocenters. The van der Waals surface area contributed by atoms with E-state index in [2.05, 4.69) is 0 Å². The van der Waals surface area contributed by atoms with E-state index in [0.717, 1.165) is 0 Å². The molecule has 7 heavy (non-hydrogen) atoms. The number of primary amides is 1. The summed E-state index contributed by atoms with van der Waals surface area (Å²) in [6.07, 6.45) is 0. The zero-order valence-electron chi connectivity index (χ0n) is 4.56. The van der Waals surface area contributed by atoms with Crippen molar-refractivity contribution in [2.75, 3.05) is 0 Å². The van der Waals surface area contributed by atoms with Crippen LogP contribution in [0.4, 0.5) is 0 Å². The first-order chi connectivity index (χ1) is 2.94. The van der Waals surface area contributed by atoms with Gasteiger partial charge in [-0.05, 0) is 0 Å². The summed E-state index contributed by atoms with van der Waals surface area (Å²) in [4.78, 5) is 10.1. The van der Waals surface area contributed by atoms with Gasteiger partial charge in [0, 0.05) is 5.31 Å². The summed E-state index contributed by atoms with van der Waals surface area (Å²) in [5.74, 6) is -0.479. The van der Waals surface area contributed by atoms with Gasteiger partial charge >= 0.3 is 0 Å². The molecule has 0 aromatic heterocycles. The molecule has 0 aliphatic rings.